The number of hydrogen-bond donors (Lipinski definition) is 2. The molecule has 1 rings (SSSR count). The Morgan fingerprint density at radius 1 is 0.833 bits per heavy atom. The molecule has 1 unspecified atom stereocenters. The van der Waals surface area contributed by atoms with Crippen molar-refractivity contribution in [2.24, 2.45) is 0 Å². The van der Waals surface area contributed by atoms with E-state index in [0.717, 1.165) is 13.0 Å². The van der Waals surface area contributed by atoms with Gasteiger partial charge in [0.05, 0.1) is 0 Å². The Bertz CT molecular complexity index is 94.0. The maximum atomic E-state index is 9.41. The molecule has 1 saturated heterocycles. The molecular weight excluding hydrogens is 150 g/mol. The molecule has 72 valence electrons. The van der Waals surface area contributed by atoms with E-state index in [-0.39, 0.29) is 6.23 Å². The van der Waals surface area contributed by atoms with Crippen LogP contribution in [0.2, 0.25) is 0 Å². The predicted octanol–water partition coefficient (Wildman–Crippen LogP) is 2.03. The van der Waals surface area contributed by atoms with Crippen LogP contribution in [0.3, 0.4) is 0 Å². The van der Waals surface area contributed by atoms with Crippen LogP contribution in [-0.2, 0) is 0 Å². The lowest BCUT2D eigenvalue weighted by atomic mass is 10.1. The van der Waals surface area contributed by atoms with Gasteiger partial charge in [0.15, 0.2) is 0 Å². The summed E-state index contributed by atoms with van der Waals surface area (Å²) >= 11 is 0. The predicted molar refractivity (Wildman–Crippen MR) is 50.9 cm³/mol. The molecule has 2 N–H and O–H groups in total. The maximum Gasteiger partial charge on any atom is 0.104 e. The molecule has 0 aliphatic carbocycles. The van der Waals surface area contributed by atoms with Crippen molar-refractivity contribution in [3.05, 3.63) is 0 Å². The van der Waals surface area contributed by atoms with Gasteiger partial charge in [-0.2, -0.15) is 0 Å². The van der Waals surface area contributed by atoms with E-state index in [1.165, 1.54) is 44.9 Å². The van der Waals surface area contributed by atoms with Gasteiger partial charge in [0, 0.05) is 0 Å². The van der Waals surface area contributed by atoms with Crippen molar-refractivity contribution >= 4 is 0 Å². The highest BCUT2D eigenvalue weighted by Crippen LogP contribution is 2.10. The largest absolute Gasteiger partial charge is 0.379 e. The maximum absolute atomic E-state index is 9.41. The molecule has 0 aromatic heterocycles. The molecule has 1 aliphatic heterocycles. The Morgan fingerprint density at radius 2 is 1.42 bits per heavy atom. The molecule has 0 amide bonds. The molecule has 2 nitrogen and oxygen atoms in total. The molecule has 0 aromatic carbocycles. The minimum atomic E-state index is -0.247. The lowest BCUT2D eigenvalue weighted by molar-refractivity contribution is 0.125. The van der Waals surface area contributed by atoms with Crippen LogP contribution < -0.4 is 5.32 Å². The molecule has 1 fully saturated rings. The second kappa shape index (κ2) is 6.44. The van der Waals surface area contributed by atoms with Crippen LogP contribution >= 0.6 is 0 Å². The molecule has 2 heteroatoms. The molecule has 0 spiro atoms. The van der Waals surface area contributed by atoms with E-state index in [1.807, 2.05) is 0 Å². The molecule has 1 atom stereocenters. The Balaban J connectivity index is 2.13. The molecule has 1 aliphatic rings. The first-order valence-electron chi connectivity index (χ1n) is 5.31. The van der Waals surface area contributed by atoms with Crippen molar-refractivity contribution < 1.29 is 5.11 Å². The topological polar surface area (TPSA) is 32.3 Å². The quantitative estimate of drug-likeness (QED) is 0.584. The van der Waals surface area contributed by atoms with Gasteiger partial charge in [-0.1, -0.05) is 32.1 Å². The van der Waals surface area contributed by atoms with Gasteiger partial charge in [-0.3, -0.25) is 5.32 Å². The summed E-state index contributed by atoms with van der Waals surface area (Å²) in [6, 6.07) is 0. The Labute approximate surface area is 75.4 Å². The van der Waals surface area contributed by atoms with Crippen molar-refractivity contribution in [2.45, 2.75) is 57.6 Å². The van der Waals surface area contributed by atoms with Crippen molar-refractivity contribution in [3.63, 3.8) is 0 Å². The fourth-order valence-corrected chi connectivity index (χ4v) is 1.72. The summed E-state index contributed by atoms with van der Waals surface area (Å²) in [5.74, 6) is 0. The number of rotatable bonds is 0. The number of aliphatic hydroxyl groups excluding tert-OH is 1. The lowest BCUT2D eigenvalue weighted by Crippen LogP contribution is -2.29. The fraction of sp³-hybridized carbons (Fsp3) is 1.00. The highest BCUT2D eigenvalue weighted by molar-refractivity contribution is 4.57. The second-order valence-electron chi connectivity index (χ2n) is 3.73. The van der Waals surface area contributed by atoms with Crippen molar-refractivity contribution in [3.8, 4) is 0 Å². The minimum Gasteiger partial charge on any atom is -0.379 e. The number of aliphatic hydroxyl groups is 1. The summed E-state index contributed by atoms with van der Waals surface area (Å²) in [6.45, 7) is 0.987. The summed E-state index contributed by atoms with van der Waals surface area (Å²) in [7, 11) is 0. The molecule has 1 heterocycles. The average Bonchev–Trinajstić information content (AvgIpc) is 2.11. The standard InChI is InChI=1S/C10H21NO/c12-10-8-6-4-2-1-3-5-7-9-11-10/h10-12H,1-9H2. The summed E-state index contributed by atoms with van der Waals surface area (Å²) < 4.78 is 0. The Hall–Kier alpha value is -0.0800. The van der Waals surface area contributed by atoms with Crippen molar-refractivity contribution in [1.29, 1.82) is 0 Å². The highest BCUT2D eigenvalue weighted by atomic mass is 16.3. The molecule has 0 aromatic rings. The molecule has 0 radical (unpaired) electrons. The fourth-order valence-electron chi connectivity index (χ4n) is 1.72. The van der Waals surface area contributed by atoms with Gasteiger partial charge in [-0.15, -0.1) is 0 Å². The van der Waals surface area contributed by atoms with Crippen LogP contribution in [0, 0.1) is 0 Å². The number of hydrogen-bond acceptors (Lipinski definition) is 2. The molecular formula is C10H21NO. The minimum absolute atomic E-state index is 0.247. The van der Waals surface area contributed by atoms with Gasteiger partial charge in [0.25, 0.3) is 0 Å². The first-order chi connectivity index (χ1) is 5.89. The third-order valence-electron chi connectivity index (χ3n) is 2.53. The smallest absolute Gasteiger partial charge is 0.104 e. The number of nitrogens with one attached hydrogen (secondary N) is 1. The van der Waals surface area contributed by atoms with Crippen LogP contribution in [-0.4, -0.2) is 17.9 Å². The summed E-state index contributed by atoms with van der Waals surface area (Å²) in [5, 5.41) is 12.5. The third-order valence-corrected chi connectivity index (χ3v) is 2.53. The Kier molecular flexibility index (Phi) is 5.37. The van der Waals surface area contributed by atoms with Gasteiger partial charge in [0.1, 0.15) is 6.23 Å². The first kappa shape index (κ1) is 10.0. The van der Waals surface area contributed by atoms with Crippen LogP contribution in [0.5, 0.6) is 0 Å². The zero-order valence-electron chi connectivity index (χ0n) is 7.89. The van der Waals surface area contributed by atoms with Crippen LogP contribution in [0.25, 0.3) is 0 Å². The van der Waals surface area contributed by atoms with E-state index in [2.05, 4.69) is 5.32 Å². The van der Waals surface area contributed by atoms with Gasteiger partial charge in [-0.05, 0) is 25.8 Å². The molecule has 0 saturated carbocycles. The average molecular weight is 171 g/mol. The van der Waals surface area contributed by atoms with Crippen molar-refractivity contribution in [2.75, 3.05) is 6.54 Å². The van der Waals surface area contributed by atoms with E-state index in [9.17, 15) is 5.11 Å². The molecule has 12 heavy (non-hydrogen) atoms. The van der Waals surface area contributed by atoms with Crippen molar-refractivity contribution in [1.82, 2.24) is 5.32 Å². The monoisotopic (exact) mass is 171 g/mol. The second-order valence-corrected chi connectivity index (χ2v) is 3.73. The van der Waals surface area contributed by atoms with Crippen LogP contribution in [0.1, 0.15) is 51.4 Å². The van der Waals surface area contributed by atoms with E-state index < -0.39 is 0 Å². The first-order valence-corrected chi connectivity index (χ1v) is 5.31. The summed E-state index contributed by atoms with van der Waals surface area (Å²) in [6.07, 6.45) is 9.80. The normalized spacial score (nSPS) is 29.2. The van der Waals surface area contributed by atoms with Crippen LogP contribution in [0.4, 0.5) is 0 Å². The highest BCUT2D eigenvalue weighted by Gasteiger charge is 2.03. The lowest BCUT2D eigenvalue weighted by Gasteiger charge is -2.10. The van der Waals surface area contributed by atoms with Gasteiger partial charge in [-0.25, -0.2) is 0 Å². The molecule has 0 bridgehead atoms. The van der Waals surface area contributed by atoms with Gasteiger partial charge >= 0.3 is 0 Å². The third kappa shape index (κ3) is 4.73. The van der Waals surface area contributed by atoms with Crippen LogP contribution in [0.15, 0.2) is 0 Å². The van der Waals surface area contributed by atoms with E-state index in [0.29, 0.717) is 0 Å². The van der Waals surface area contributed by atoms with E-state index in [4.69, 9.17) is 0 Å². The summed E-state index contributed by atoms with van der Waals surface area (Å²) in [4.78, 5) is 0. The van der Waals surface area contributed by atoms with Gasteiger partial charge < -0.3 is 5.11 Å². The SMILES string of the molecule is OC1CCCCCCCCCN1. The van der Waals surface area contributed by atoms with Gasteiger partial charge in [0.2, 0.25) is 0 Å². The summed E-state index contributed by atoms with van der Waals surface area (Å²) in [5.41, 5.74) is 0. The van der Waals surface area contributed by atoms with E-state index in [1.54, 1.807) is 0 Å². The zero-order valence-corrected chi connectivity index (χ0v) is 7.89. The van der Waals surface area contributed by atoms with E-state index >= 15 is 0 Å². The zero-order chi connectivity index (χ0) is 8.65. The Morgan fingerprint density at radius 3 is 2.17 bits per heavy atom.